The summed E-state index contributed by atoms with van der Waals surface area (Å²) in [4.78, 5) is 28.7. The molecular formula is C23H25F2N3O2. The molecule has 1 N–H and O–H groups in total. The van der Waals surface area contributed by atoms with E-state index in [9.17, 15) is 18.4 Å². The number of fused-ring (bicyclic) bond motifs is 1. The first-order chi connectivity index (χ1) is 14.5. The smallest absolute Gasteiger partial charge is 0.242 e. The highest BCUT2D eigenvalue weighted by atomic mass is 19.1. The van der Waals surface area contributed by atoms with Crippen LogP contribution < -0.4 is 10.2 Å². The molecule has 2 aromatic rings. The monoisotopic (exact) mass is 413 g/mol. The number of carbonyl (C=O) groups is 2. The highest BCUT2D eigenvalue weighted by molar-refractivity contribution is 5.92. The summed E-state index contributed by atoms with van der Waals surface area (Å²) in [6.45, 7) is 1.63. The fraction of sp³-hybridized carbons (Fsp3) is 0.391. The summed E-state index contributed by atoms with van der Waals surface area (Å²) >= 11 is 0. The second kappa shape index (κ2) is 8.81. The van der Waals surface area contributed by atoms with Crippen molar-refractivity contribution in [3.05, 3.63) is 59.7 Å². The number of amides is 2. The number of carbonyl (C=O) groups excluding carboxylic acids is 2. The van der Waals surface area contributed by atoms with Crippen molar-refractivity contribution < 1.29 is 18.4 Å². The van der Waals surface area contributed by atoms with E-state index in [1.54, 1.807) is 9.80 Å². The topological polar surface area (TPSA) is 52.7 Å². The molecule has 158 valence electrons. The molecule has 30 heavy (non-hydrogen) atoms. The quantitative estimate of drug-likeness (QED) is 0.834. The molecular weight excluding hydrogens is 388 g/mol. The minimum Gasteiger partial charge on any atom is -0.360 e. The predicted molar refractivity (Wildman–Crippen MR) is 111 cm³/mol. The summed E-state index contributed by atoms with van der Waals surface area (Å²) in [6, 6.07) is 11.5. The molecule has 0 unspecified atom stereocenters. The van der Waals surface area contributed by atoms with Crippen molar-refractivity contribution in [2.75, 3.05) is 36.4 Å². The number of para-hydroxylation sites is 1. The van der Waals surface area contributed by atoms with Gasteiger partial charge in [0.05, 0.1) is 12.2 Å². The van der Waals surface area contributed by atoms with E-state index in [-0.39, 0.29) is 24.3 Å². The number of hydrogen-bond acceptors (Lipinski definition) is 3. The lowest BCUT2D eigenvalue weighted by Gasteiger charge is -2.35. The molecule has 7 heteroatoms. The van der Waals surface area contributed by atoms with E-state index in [0.29, 0.717) is 50.1 Å². The van der Waals surface area contributed by atoms with E-state index in [1.807, 2.05) is 30.3 Å². The Morgan fingerprint density at radius 3 is 2.50 bits per heavy atom. The molecule has 0 spiro atoms. The molecule has 0 saturated carbocycles. The first-order valence-electron chi connectivity index (χ1n) is 10.4. The van der Waals surface area contributed by atoms with Crippen LogP contribution in [0, 0.1) is 17.6 Å². The molecule has 0 aliphatic carbocycles. The van der Waals surface area contributed by atoms with Gasteiger partial charge in [0.25, 0.3) is 0 Å². The van der Waals surface area contributed by atoms with Crippen LogP contribution in [0.2, 0.25) is 0 Å². The zero-order valence-corrected chi connectivity index (χ0v) is 16.7. The molecule has 2 amide bonds. The highest BCUT2D eigenvalue weighted by Gasteiger charge is 2.30. The minimum absolute atomic E-state index is 0.0256. The van der Waals surface area contributed by atoms with Gasteiger partial charge in [0.2, 0.25) is 11.8 Å². The number of aryl methyl sites for hydroxylation is 1. The zero-order valence-electron chi connectivity index (χ0n) is 16.7. The Morgan fingerprint density at radius 2 is 1.77 bits per heavy atom. The van der Waals surface area contributed by atoms with E-state index in [0.717, 1.165) is 18.2 Å². The molecule has 1 saturated heterocycles. The van der Waals surface area contributed by atoms with Gasteiger partial charge in [-0.2, -0.15) is 0 Å². The van der Waals surface area contributed by atoms with Gasteiger partial charge in [-0.3, -0.25) is 9.59 Å². The molecule has 5 nitrogen and oxygen atoms in total. The lowest BCUT2D eigenvalue weighted by molar-refractivity contribution is -0.133. The van der Waals surface area contributed by atoms with Crippen LogP contribution in [0.5, 0.6) is 0 Å². The summed E-state index contributed by atoms with van der Waals surface area (Å²) in [7, 11) is 0. The predicted octanol–water partition coefficient (Wildman–Crippen LogP) is 3.59. The highest BCUT2D eigenvalue weighted by Crippen LogP contribution is 2.31. The van der Waals surface area contributed by atoms with Gasteiger partial charge in [0, 0.05) is 37.3 Å². The Labute approximate surface area is 174 Å². The number of nitrogens with one attached hydrogen (secondary N) is 1. The Balaban J connectivity index is 1.33. The third-order valence-electron chi connectivity index (χ3n) is 5.88. The average molecular weight is 413 g/mol. The van der Waals surface area contributed by atoms with Crippen LogP contribution in [0.4, 0.5) is 20.2 Å². The van der Waals surface area contributed by atoms with Crippen molar-refractivity contribution in [3.8, 4) is 0 Å². The van der Waals surface area contributed by atoms with Gasteiger partial charge in [0.1, 0.15) is 11.6 Å². The first-order valence-corrected chi connectivity index (χ1v) is 10.4. The summed E-state index contributed by atoms with van der Waals surface area (Å²) < 4.78 is 27.9. The second-order valence-corrected chi connectivity index (χ2v) is 7.93. The maximum Gasteiger partial charge on any atom is 0.242 e. The standard InChI is InChI=1S/C23H25F2N3O2/c24-18-13-17-5-4-10-28(22(17)20(25)14-18)15-21(29)27-11-8-16(9-12-27)23(30)26-19-6-2-1-3-7-19/h1-3,6-7,13-14,16H,4-5,8-12,15H2,(H,26,30). The Bertz CT molecular complexity index is 928. The normalized spacial score (nSPS) is 16.9. The van der Waals surface area contributed by atoms with Crippen molar-refractivity contribution in [2.45, 2.75) is 25.7 Å². The van der Waals surface area contributed by atoms with Crippen LogP contribution in [-0.2, 0) is 16.0 Å². The van der Waals surface area contributed by atoms with Gasteiger partial charge in [0.15, 0.2) is 0 Å². The number of anilines is 2. The van der Waals surface area contributed by atoms with Crippen LogP contribution in [0.15, 0.2) is 42.5 Å². The molecule has 4 rings (SSSR count). The van der Waals surface area contributed by atoms with Gasteiger partial charge in [-0.1, -0.05) is 18.2 Å². The number of halogens is 2. The van der Waals surface area contributed by atoms with Crippen LogP contribution in [0.1, 0.15) is 24.8 Å². The molecule has 0 aromatic heterocycles. The van der Waals surface area contributed by atoms with Crippen LogP contribution in [0.25, 0.3) is 0 Å². The molecule has 2 aliphatic heterocycles. The summed E-state index contributed by atoms with van der Waals surface area (Å²) in [5.41, 5.74) is 1.72. The molecule has 2 heterocycles. The fourth-order valence-corrected chi connectivity index (χ4v) is 4.31. The van der Waals surface area contributed by atoms with Gasteiger partial charge >= 0.3 is 0 Å². The Hall–Kier alpha value is -2.96. The van der Waals surface area contributed by atoms with Gasteiger partial charge in [-0.15, -0.1) is 0 Å². The van der Waals surface area contributed by atoms with Crippen molar-refractivity contribution in [1.29, 1.82) is 0 Å². The Kier molecular flexibility index (Phi) is 5.97. The maximum absolute atomic E-state index is 14.3. The molecule has 2 aliphatic rings. The van der Waals surface area contributed by atoms with Crippen molar-refractivity contribution in [2.24, 2.45) is 5.92 Å². The van der Waals surface area contributed by atoms with Crippen molar-refractivity contribution >= 4 is 23.2 Å². The third-order valence-corrected chi connectivity index (χ3v) is 5.88. The van der Waals surface area contributed by atoms with Gasteiger partial charge in [-0.25, -0.2) is 8.78 Å². The number of hydrogen-bond donors (Lipinski definition) is 1. The number of nitrogens with zero attached hydrogens (tertiary/aromatic N) is 2. The first kappa shape index (κ1) is 20.3. The van der Waals surface area contributed by atoms with Crippen LogP contribution in [-0.4, -0.2) is 42.9 Å². The number of piperidine rings is 1. The van der Waals surface area contributed by atoms with E-state index < -0.39 is 11.6 Å². The molecule has 1 fully saturated rings. The maximum atomic E-state index is 14.3. The van der Waals surface area contributed by atoms with E-state index in [1.165, 1.54) is 6.07 Å². The summed E-state index contributed by atoms with van der Waals surface area (Å²) in [6.07, 6.45) is 2.56. The Morgan fingerprint density at radius 1 is 1.03 bits per heavy atom. The molecule has 2 aromatic carbocycles. The number of likely N-dealkylation sites (tertiary alicyclic amines) is 1. The summed E-state index contributed by atoms with van der Waals surface area (Å²) in [5, 5.41) is 2.92. The minimum atomic E-state index is -0.617. The lowest BCUT2D eigenvalue weighted by atomic mass is 9.95. The average Bonchev–Trinajstić information content (AvgIpc) is 2.74. The molecule has 0 radical (unpaired) electrons. The van der Waals surface area contributed by atoms with E-state index >= 15 is 0 Å². The van der Waals surface area contributed by atoms with E-state index in [2.05, 4.69) is 5.32 Å². The van der Waals surface area contributed by atoms with E-state index in [4.69, 9.17) is 0 Å². The largest absolute Gasteiger partial charge is 0.360 e. The second-order valence-electron chi connectivity index (χ2n) is 7.93. The third kappa shape index (κ3) is 4.45. The zero-order chi connectivity index (χ0) is 21.1. The molecule has 0 atom stereocenters. The fourth-order valence-electron chi connectivity index (χ4n) is 4.31. The van der Waals surface area contributed by atoms with Crippen LogP contribution in [0.3, 0.4) is 0 Å². The number of benzene rings is 2. The van der Waals surface area contributed by atoms with Crippen molar-refractivity contribution in [3.63, 3.8) is 0 Å². The SMILES string of the molecule is O=C(Nc1ccccc1)C1CCN(C(=O)CN2CCCc3cc(F)cc(F)c32)CC1. The molecule has 0 bridgehead atoms. The number of rotatable bonds is 4. The van der Waals surface area contributed by atoms with Crippen LogP contribution >= 0.6 is 0 Å². The van der Waals surface area contributed by atoms with Crippen molar-refractivity contribution in [1.82, 2.24) is 4.90 Å². The van der Waals surface area contributed by atoms with Gasteiger partial charge in [-0.05, 0) is 49.4 Å². The summed E-state index contributed by atoms with van der Waals surface area (Å²) in [5.74, 6) is -1.45. The van der Waals surface area contributed by atoms with Gasteiger partial charge < -0.3 is 15.1 Å². The lowest BCUT2D eigenvalue weighted by Crippen LogP contribution is -2.46.